The Morgan fingerprint density at radius 2 is 1.73 bits per heavy atom. The van der Waals surface area contributed by atoms with Gasteiger partial charge < -0.3 is 25.7 Å². The van der Waals surface area contributed by atoms with Gasteiger partial charge in [0.1, 0.15) is 12.1 Å². The molecule has 4 atom stereocenters. The number of thioether (sulfide) groups is 1. The lowest BCUT2D eigenvalue weighted by atomic mass is 10.0. The smallest absolute Gasteiger partial charge is 0.328 e. The van der Waals surface area contributed by atoms with Crippen LogP contribution in [0.3, 0.4) is 0 Å². The highest BCUT2D eigenvalue weighted by atomic mass is 32.2. The molecule has 2 heterocycles. The Bertz CT molecular complexity index is 1100. The van der Waals surface area contributed by atoms with Gasteiger partial charge in [-0.25, -0.2) is 9.59 Å². The van der Waals surface area contributed by atoms with Crippen LogP contribution in [-0.4, -0.2) is 97.5 Å². The Kier molecular flexibility index (Phi) is 8.43. The number of nitrogens with one attached hydrogen (secondary N) is 3. The van der Waals surface area contributed by atoms with Gasteiger partial charge >= 0.3 is 29.8 Å². The van der Waals surface area contributed by atoms with Crippen molar-refractivity contribution in [2.45, 2.75) is 49.0 Å². The van der Waals surface area contributed by atoms with E-state index in [1.807, 2.05) is 0 Å². The zero-order valence-electron chi connectivity index (χ0n) is 20.5. The Hall–Kier alpha value is -3.65. The van der Waals surface area contributed by atoms with Crippen LogP contribution in [-0.2, 0) is 24.0 Å². The fourth-order valence-corrected chi connectivity index (χ4v) is 5.63. The largest absolute Gasteiger partial charge is 0.480 e. The van der Waals surface area contributed by atoms with Crippen LogP contribution >= 0.6 is 11.8 Å². The number of hydrogen-bond acceptors (Lipinski definition) is 8. The number of hydrogen-bond donors (Lipinski definition) is 5. The number of carboxylic acids is 2. The molecule has 2 aliphatic heterocycles. The Balaban J connectivity index is 1.82. The summed E-state index contributed by atoms with van der Waals surface area (Å²) < 4.78 is -0.866. The van der Waals surface area contributed by atoms with E-state index in [0.29, 0.717) is 17.0 Å². The number of aliphatic carboxylic acids is 2. The number of carboxylic acid groups (broad SMARTS) is 2. The van der Waals surface area contributed by atoms with Crippen LogP contribution in [0.1, 0.15) is 32.4 Å². The van der Waals surface area contributed by atoms with Crippen molar-refractivity contribution in [2.75, 3.05) is 19.6 Å². The maximum absolute atomic E-state index is 13.3. The summed E-state index contributed by atoms with van der Waals surface area (Å²) in [5.74, 6) is -5.33. The van der Waals surface area contributed by atoms with Gasteiger partial charge in [0, 0.05) is 24.4 Å². The number of piperazine rings is 1. The Labute approximate surface area is 216 Å². The van der Waals surface area contributed by atoms with Crippen molar-refractivity contribution in [3.05, 3.63) is 35.9 Å². The van der Waals surface area contributed by atoms with E-state index in [-0.39, 0.29) is 13.1 Å². The van der Waals surface area contributed by atoms with Crippen LogP contribution in [0.15, 0.2) is 30.3 Å². The predicted molar refractivity (Wildman–Crippen MR) is 131 cm³/mol. The molecule has 5 N–H and O–H groups in total. The monoisotopic (exact) mass is 535 g/mol. The third kappa shape index (κ3) is 6.02. The topological polar surface area (TPSA) is 185 Å². The molecular formula is C23H29N5O8S. The number of rotatable bonds is 8. The zero-order chi connectivity index (χ0) is 27.5. The summed E-state index contributed by atoms with van der Waals surface area (Å²) in [4.78, 5) is 76.7. The van der Waals surface area contributed by atoms with E-state index in [1.165, 1.54) is 17.0 Å². The highest BCUT2D eigenvalue weighted by Crippen LogP contribution is 2.39. The van der Waals surface area contributed by atoms with E-state index in [2.05, 4.69) is 16.0 Å². The van der Waals surface area contributed by atoms with Crippen molar-refractivity contribution in [1.29, 1.82) is 0 Å². The molecule has 2 aliphatic rings. The van der Waals surface area contributed by atoms with E-state index in [1.54, 1.807) is 39.0 Å². The van der Waals surface area contributed by atoms with Gasteiger partial charge in [0.05, 0.1) is 5.37 Å². The van der Waals surface area contributed by atoms with Crippen molar-refractivity contribution >= 4 is 47.5 Å². The Morgan fingerprint density at radius 3 is 2.27 bits per heavy atom. The molecule has 1 aromatic rings. The molecule has 0 spiro atoms. The van der Waals surface area contributed by atoms with Gasteiger partial charge in [-0.15, -0.1) is 11.8 Å². The lowest BCUT2D eigenvalue weighted by Gasteiger charge is -2.33. The SMILES string of the molecule is CCN1CCN(C(=O)N[C@H](C(=O)N[C@H](C(=O)O)[C@@H]2N[C@@H](C(=O)O)C(C)(C)S2)c2ccccc2)C(=O)C1=O. The van der Waals surface area contributed by atoms with Crippen LogP contribution < -0.4 is 16.0 Å². The molecule has 3 rings (SSSR count). The van der Waals surface area contributed by atoms with Crippen LogP contribution in [0.2, 0.25) is 0 Å². The van der Waals surface area contributed by atoms with Gasteiger partial charge in [0.2, 0.25) is 5.91 Å². The molecule has 14 heteroatoms. The average molecular weight is 536 g/mol. The predicted octanol–water partition coefficient (Wildman–Crippen LogP) is -0.408. The molecule has 5 amide bonds. The molecule has 0 aromatic heterocycles. The van der Waals surface area contributed by atoms with Gasteiger partial charge in [-0.2, -0.15) is 0 Å². The molecule has 13 nitrogen and oxygen atoms in total. The molecule has 2 saturated heterocycles. The lowest BCUT2D eigenvalue weighted by molar-refractivity contribution is -0.153. The Morgan fingerprint density at radius 1 is 1.08 bits per heavy atom. The van der Waals surface area contributed by atoms with Crippen LogP contribution in [0.25, 0.3) is 0 Å². The quantitative estimate of drug-likeness (QED) is 0.274. The molecule has 1 aromatic carbocycles. The summed E-state index contributed by atoms with van der Waals surface area (Å²) >= 11 is 1.06. The van der Waals surface area contributed by atoms with Gasteiger partial charge in [-0.3, -0.25) is 29.4 Å². The van der Waals surface area contributed by atoms with Crippen molar-refractivity contribution in [1.82, 2.24) is 25.8 Å². The number of benzene rings is 1. The van der Waals surface area contributed by atoms with Crippen molar-refractivity contribution in [2.24, 2.45) is 0 Å². The van der Waals surface area contributed by atoms with E-state index in [9.17, 15) is 39.0 Å². The second-order valence-electron chi connectivity index (χ2n) is 9.04. The highest BCUT2D eigenvalue weighted by Gasteiger charge is 2.50. The summed E-state index contributed by atoms with van der Waals surface area (Å²) in [6.45, 7) is 5.37. The normalized spacial score (nSPS) is 22.8. The first kappa shape index (κ1) is 27.9. The van der Waals surface area contributed by atoms with E-state index in [4.69, 9.17) is 0 Å². The number of carbonyl (C=O) groups excluding carboxylic acids is 4. The molecule has 200 valence electrons. The molecule has 0 unspecified atom stereocenters. The number of likely N-dealkylation sites (N-methyl/N-ethyl adjacent to an activating group) is 1. The first-order chi connectivity index (χ1) is 17.4. The summed E-state index contributed by atoms with van der Waals surface area (Å²) in [7, 11) is 0. The molecule has 2 fully saturated rings. The fraction of sp³-hybridized carbons (Fsp3) is 0.478. The standard InChI is InChI=1S/C23H29N5O8S/c1-4-27-10-11-28(19(31)18(27)30)22(36)25-13(12-8-6-5-7-9-12)16(29)24-14(20(32)33)17-26-15(21(34)35)23(2,3)37-17/h5-9,13-15,17,26H,4,10-11H2,1-3H3,(H,24,29)(H,25,36)(H,32,33)(H,34,35)/t13-,14-,15-,17+/m0/s1. The minimum absolute atomic E-state index is 0.0700. The highest BCUT2D eigenvalue weighted by molar-refractivity contribution is 8.01. The van der Waals surface area contributed by atoms with Crippen molar-refractivity contribution in [3.8, 4) is 0 Å². The van der Waals surface area contributed by atoms with Crippen molar-refractivity contribution in [3.63, 3.8) is 0 Å². The number of amides is 5. The molecule has 0 aliphatic carbocycles. The zero-order valence-corrected chi connectivity index (χ0v) is 21.3. The first-order valence-corrected chi connectivity index (χ1v) is 12.4. The molecular weight excluding hydrogens is 506 g/mol. The third-order valence-corrected chi connectivity index (χ3v) is 7.67. The molecule has 0 saturated carbocycles. The summed E-state index contributed by atoms with van der Waals surface area (Å²) in [6, 6.07) is 2.99. The van der Waals surface area contributed by atoms with Gasteiger partial charge in [0.25, 0.3) is 0 Å². The van der Waals surface area contributed by atoms with Gasteiger partial charge in [-0.05, 0) is 26.3 Å². The van der Waals surface area contributed by atoms with Crippen LogP contribution in [0.5, 0.6) is 0 Å². The van der Waals surface area contributed by atoms with Gasteiger partial charge in [-0.1, -0.05) is 30.3 Å². The second-order valence-corrected chi connectivity index (χ2v) is 10.8. The fourth-order valence-electron chi connectivity index (χ4n) is 4.15. The number of carbonyl (C=O) groups is 6. The minimum atomic E-state index is -1.54. The first-order valence-electron chi connectivity index (χ1n) is 11.5. The maximum atomic E-state index is 13.3. The van der Waals surface area contributed by atoms with E-state index >= 15 is 0 Å². The van der Waals surface area contributed by atoms with Crippen LogP contribution in [0.4, 0.5) is 4.79 Å². The lowest BCUT2D eigenvalue weighted by Crippen LogP contribution is -2.60. The van der Waals surface area contributed by atoms with Gasteiger partial charge in [0.15, 0.2) is 6.04 Å². The third-order valence-electron chi connectivity index (χ3n) is 6.17. The number of imide groups is 1. The van der Waals surface area contributed by atoms with E-state index < -0.39 is 63.9 Å². The molecule has 0 bridgehead atoms. The van der Waals surface area contributed by atoms with Crippen molar-refractivity contribution < 1.29 is 39.0 Å². The summed E-state index contributed by atoms with van der Waals surface area (Å²) in [5, 5.41) is 25.9. The number of urea groups is 1. The summed E-state index contributed by atoms with van der Waals surface area (Å²) in [5.41, 5.74) is 0.305. The van der Waals surface area contributed by atoms with Crippen LogP contribution in [0, 0.1) is 0 Å². The average Bonchev–Trinajstić information content (AvgIpc) is 3.17. The number of nitrogens with zero attached hydrogens (tertiary/aromatic N) is 2. The van der Waals surface area contributed by atoms with E-state index in [0.717, 1.165) is 11.8 Å². The molecule has 0 radical (unpaired) electrons. The minimum Gasteiger partial charge on any atom is -0.480 e. The maximum Gasteiger partial charge on any atom is 0.328 e. The second kappa shape index (κ2) is 11.2. The molecule has 37 heavy (non-hydrogen) atoms. The summed E-state index contributed by atoms with van der Waals surface area (Å²) in [6.07, 6.45) is 0.